The third-order valence-corrected chi connectivity index (χ3v) is 4.87. The Morgan fingerprint density at radius 2 is 1.39 bits per heavy atom. The fourth-order valence-electron chi connectivity index (χ4n) is 3.80. The summed E-state index contributed by atoms with van der Waals surface area (Å²) in [6.45, 7) is 8.71. The van der Waals surface area contributed by atoms with Gasteiger partial charge in [0, 0.05) is 0 Å². The molecular formula is C15H23NO7. The molecule has 0 unspecified atom stereocenters. The van der Waals surface area contributed by atoms with Gasteiger partial charge in [-0.1, -0.05) is 0 Å². The van der Waals surface area contributed by atoms with E-state index in [-0.39, 0.29) is 0 Å². The first-order chi connectivity index (χ1) is 10.5. The topological polar surface area (TPSA) is 95.5 Å². The summed E-state index contributed by atoms with van der Waals surface area (Å²) in [4.78, 5) is 11.6. The van der Waals surface area contributed by atoms with Crippen LogP contribution in [0.5, 0.6) is 0 Å². The molecule has 2 N–H and O–H groups in total. The second-order valence-electron chi connectivity index (χ2n) is 7.73. The first kappa shape index (κ1) is 15.7. The molecule has 8 nitrogen and oxygen atoms in total. The summed E-state index contributed by atoms with van der Waals surface area (Å²) in [6.07, 6.45) is -2.52. The fourth-order valence-corrected chi connectivity index (χ4v) is 3.80. The van der Waals surface area contributed by atoms with Crippen LogP contribution in [0, 0.1) is 0 Å². The molecule has 4 heterocycles. The first-order valence-corrected chi connectivity index (χ1v) is 7.90. The van der Waals surface area contributed by atoms with E-state index in [0.717, 1.165) is 0 Å². The number of ether oxygens (including phenoxy) is 5. The summed E-state index contributed by atoms with van der Waals surface area (Å²) >= 11 is 0. The van der Waals surface area contributed by atoms with Crippen LogP contribution in [0.3, 0.4) is 0 Å². The van der Waals surface area contributed by atoms with E-state index in [1.807, 2.05) is 13.8 Å². The molecule has 4 aliphatic rings. The zero-order valence-electron chi connectivity index (χ0n) is 13.9. The van der Waals surface area contributed by atoms with Crippen LogP contribution in [0.25, 0.3) is 0 Å². The van der Waals surface area contributed by atoms with Gasteiger partial charge in [0.05, 0.1) is 6.04 Å². The summed E-state index contributed by atoms with van der Waals surface area (Å²) in [5.41, 5.74) is -1.51. The minimum absolute atomic E-state index is 0.399. The van der Waals surface area contributed by atoms with Gasteiger partial charge in [-0.25, -0.2) is 0 Å². The van der Waals surface area contributed by atoms with Crippen molar-refractivity contribution in [1.82, 2.24) is 5.32 Å². The largest absolute Gasteiger partial charge is 0.378 e. The number of hydrogen-bond acceptors (Lipinski definition) is 7. The highest BCUT2D eigenvalue weighted by Crippen LogP contribution is 2.46. The van der Waals surface area contributed by atoms with Gasteiger partial charge in [-0.2, -0.15) is 0 Å². The number of aliphatic hydroxyl groups is 1. The molecule has 0 spiro atoms. The van der Waals surface area contributed by atoms with E-state index in [1.54, 1.807) is 13.8 Å². The zero-order chi connectivity index (χ0) is 16.8. The van der Waals surface area contributed by atoms with Crippen molar-refractivity contribution >= 4 is 5.91 Å². The number of carbonyl (C=O) groups excluding carboxylic acids is 1. The van der Waals surface area contributed by atoms with Crippen molar-refractivity contribution < 1.29 is 33.6 Å². The second kappa shape index (κ2) is 4.44. The number of fused-ring (bicyclic) bond motifs is 3. The van der Waals surface area contributed by atoms with E-state index >= 15 is 0 Å². The highest BCUT2D eigenvalue weighted by Gasteiger charge is 2.66. The number of amides is 1. The molecule has 4 rings (SSSR count). The van der Waals surface area contributed by atoms with Crippen LogP contribution in [0.1, 0.15) is 34.6 Å². The van der Waals surface area contributed by atoms with Crippen LogP contribution < -0.4 is 5.32 Å². The Labute approximate surface area is 134 Å². The number of nitrogens with one attached hydrogen (secondary N) is 1. The number of rotatable bonds is 1. The normalized spacial score (nSPS) is 53.2. The van der Waals surface area contributed by atoms with Gasteiger partial charge in [-0.3, -0.25) is 4.79 Å². The van der Waals surface area contributed by atoms with Gasteiger partial charge >= 0.3 is 0 Å². The van der Waals surface area contributed by atoms with Crippen molar-refractivity contribution in [3.8, 4) is 0 Å². The molecule has 0 bridgehead atoms. The van der Waals surface area contributed by atoms with Crippen LogP contribution in [0.4, 0.5) is 0 Å². The van der Waals surface area contributed by atoms with Gasteiger partial charge < -0.3 is 34.1 Å². The minimum atomic E-state index is -1.51. The number of β-lactam (4-membered cyclic amide) rings is 1. The van der Waals surface area contributed by atoms with Crippen molar-refractivity contribution in [3.05, 3.63) is 0 Å². The Morgan fingerprint density at radius 3 is 1.96 bits per heavy atom. The highest BCUT2D eigenvalue weighted by atomic mass is 16.9. The predicted octanol–water partition coefficient (Wildman–Crippen LogP) is -0.368. The molecule has 23 heavy (non-hydrogen) atoms. The highest BCUT2D eigenvalue weighted by molar-refractivity contribution is 5.92. The average Bonchev–Trinajstić information content (AvgIpc) is 2.89. The van der Waals surface area contributed by atoms with Crippen molar-refractivity contribution in [2.75, 3.05) is 0 Å². The molecule has 4 fully saturated rings. The lowest BCUT2D eigenvalue weighted by molar-refractivity contribution is -0.256. The molecule has 0 radical (unpaired) electrons. The van der Waals surface area contributed by atoms with E-state index in [1.165, 1.54) is 6.92 Å². The second-order valence-corrected chi connectivity index (χ2v) is 7.73. The molecule has 7 atom stereocenters. The van der Waals surface area contributed by atoms with Crippen molar-refractivity contribution in [1.29, 1.82) is 0 Å². The van der Waals surface area contributed by atoms with Gasteiger partial charge in [0.15, 0.2) is 23.5 Å². The smallest absolute Gasteiger partial charge is 0.254 e. The standard InChI is InChI=1S/C15H23NO7/c1-13(2)20-6-7(21-13)9-11(23-14(3,4)22-9)19-8(6)10-15(5,18)12(17)16-10/h6-11,18H,1-5H3,(H,16,17)/t6-,7+,8+,9-,10-,11-,15-/m1/s1. The van der Waals surface area contributed by atoms with Gasteiger partial charge in [0.25, 0.3) is 5.91 Å². The first-order valence-electron chi connectivity index (χ1n) is 7.90. The van der Waals surface area contributed by atoms with Crippen LogP contribution in [-0.4, -0.2) is 64.9 Å². The Kier molecular flexibility index (Phi) is 3.04. The summed E-state index contributed by atoms with van der Waals surface area (Å²) < 4.78 is 29.7. The molecule has 0 aromatic heterocycles. The molecule has 130 valence electrons. The molecule has 0 aromatic carbocycles. The third-order valence-electron chi connectivity index (χ3n) is 4.87. The maximum Gasteiger partial charge on any atom is 0.254 e. The molecule has 1 amide bonds. The number of hydrogen-bond donors (Lipinski definition) is 2. The van der Waals surface area contributed by atoms with E-state index in [9.17, 15) is 9.90 Å². The van der Waals surface area contributed by atoms with Gasteiger partial charge in [0.2, 0.25) is 0 Å². The predicted molar refractivity (Wildman–Crippen MR) is 75.1 cm³/mol. The average molecular weight is 329 g/mol. The van der Waals surface area contributed by atoms with Gasteiger partial charge in [-0.05, 0) is 34.6 Å². The fraction of sp³-hybridized carbons (Fsp3) is 0.933. The Hall–Kier alpha value is -0.770. The molecule has 8 heteroatoms. The Balaban J connectivity index is 1.65. The van der Waals surface area contributed by atoms with Crippen LogP contribution in [0.2, 0.25) is 0 Å². The lowest BCUT2D eigenvalue weighted by atomic mass is 9.79. The SMILES string of the molecule is CC1(C)O[C@@H]2[C@H](O1)[C@H]1OC(C)(C)O[C@H]1O[C@@H]2[C@H]1NC(=O)[C@]1(C)O. The summed E-state index contributed by atoms with van der Waals surface area (Å²) in [6, 6.07) is -0.590. The minimum Gasteiger partial charge on any atom is -0.378 e. The van der Waals surface area contributed by atoms with Crippen LogP contribution >= 0.6 is 0 Å². The monoisotopic (exact) mass is 329 g/mol. The Morgan fingerprint density at radius 1 is 0.870 bits per heavy atom. The van der Waals surface area contributed by atoms with Crippen molar-refractivity contribution in [2.24, 2.45) is 0 Å². The number of carbonyl (C=O) groups is 1. The molecule has 0 aromatic rings. The molecule has 4 aliphatic heterocycles. The lowest BCUT2D eigenvalue weighted by Crippen LogP contribution is -2.78. The molecule has 0 aliphatic carbocycles. The van der Waals surface area contributed by atoms with Crippen LogP contribution in [-0.2, 0) is 28.5 Å². The van der Waals surface area contributed by atoms with Crippen LogP contribution in [0.15, 0.2) is 0 Å². The molecular weight excluding hydrogens is 306 g/mol. The van der Waals surface area contributed by atoms with Gasteiger partial charge in [0.1, 0.15) is 24.4 Å². The van der Waals surface area contributed by atoms with Crippen molar-refractivity contribution in [2.45, 2.75) is 88.5 Å². The van der Waals surface area contributed by atoms with E-state index < -0.39 is 59.8 Å². The maximum atomic E-state index is 11.6. The summed E-state index contributed by atoms with van der Waals surface area (Å²) in [5.74, 6) is -2.02. The third kappa shape index (κ3) is 2.24. The zero-order valence-corrected chi connectivity index (χ0v) is 13.9. The lowest BCUT2D eigenvalue weighted by Gasteiger charge is -2.50. The van der Waals surface area contributed by atoms with Gasteiger partial charge in [-0.15, -0.1) is 0 Å². The quantitative estimate of drug-likeness (QED) is 0.634. The van der Waals surface area contributed by atoms with E-state index in [0.29, 0.717) is 0 Å². The summed E-state index contributed by atoms with van der Waals surface area (Å²) in [5, 5.41) is 13.0. The van der Waals surface area contributed by atoms with E-state index in [2.05, 4.69) is 5.32 Å². The molecule has 0 saturated carbocycles. The maximum absolute atomic E-state index is 11.6. The van der Waals surface area contributed by atoms with E-state index in [4.69, 9.17) is 23.7 Å². The Bertz CT molecular complexity index is 546. The van der Waals surface area contributed by atoms with Crippen molar-refractivity contribution in [3.63, 3.8) is 0 Å². The molecule has 4 saturated heterocycles. The summed E-state index contributed by atoms with van der Waals surface area (Å²) in [7, 11) is 0.